The Bertz CT molecular complexity index is 2450. The molecule has 2 aromatic carbocycles. The van der Waals surface area contributed by atoms with Crippen LogP contribution in [0.3, 0.4) is 0 Å². The molecule has 2 bridgehead atoms. The number of aromatic nitrogens is 3. The standard InChI is InChI=1S/C40H44N10O8S/c1-20-35(53)46-22(3)40(57)50(4)18-33(52)45-21(2)39-49-30(19-59-39)38(56)48-29(13-23-15-41-26-10-7-6-9-25(23)26)37(55)47-28(36(54)43-17-32(51)44-20)14-24-16-42-27-11-8-12-31(58-5)34(24)27/h6-12,15-16,19-21,28-29,41-42H,3,13-14,17-18H2,1-2,4-5H3,(H,43,54)(H,44,51)(H,45,52)(H,46,53)(H,47,55)(H,48,56)/t20-,21-,28+,29+/m1/s1. The number of ether oxygens (including phenoxy) is 1. The first-order valence-electron chi connectivity index (χ1n) is 18.6. The predicted octanol–water partition coefficient (Wildman–Crippen LogP) is 1.08. The first-order chi connectivity index (χ1) is 28.2. The van der Waals surface area contributed by atoms with Gasteiger partial charge in [-0.25, -0.2) is 4.98 Å². The number of nitrogens with one attached hydrogen (secondary N) is 8. The quantitative estimate of drug-likeness (QED) is 0.118. The number of nitrogens with zero attached hydrogens (tertiary/aromatic N) is 2. The summed E-state index contributed by atoms with van der Waals surface area (Å²) in [6, 6.07) is 8.49. The van der Waals surface area contributed by atoms with E-state index in [0.717, 1.165) is 32.7 Å². The molecule has 7 amide bonds. The molecule has 5 aromatic rings. The summed E-state index contributed by atoms with van der Waals surface area (Å²) in [6.45, 7) is 5.64. The normalized spacial score (nSPS) is 20.9. The van der Waals surface area contributed by atoms with Crippen molar-refractivity contribution in [1.29, 1.82) is 0 Å². The third-order valence-electron chi connectivity index (χ3n) is 9.70. The summed E-state index contributed by atoms with van der Waals surface area (Å²) >= 11 is 1.11. The summed E-state index contributed by atoms with van der Waals surface area (Å²) in [4.78, 5) is 106. The van der Waals surface area contributed by atoms with Gasteiger partial charge in [0, 0.05) is 59.5 Å². The number of aromatic amines is 2. The number of hydrogen-bond acceptors (Lipinski definition) is 10. The lowest BCUT2D eigenvalue weighted by atomic mass is 10.0. The number of amides is 7. The number of fused-ring (bicyclic) bond motifs is 4. The Morgan fingerprint density at radius 1 is 0.797 bits per heavy atom. The van der Waals surface area contributed by atoms with Crippen LogP contribution in [0.5, 0.6) is 5.75 Å². The van der Waals surface area contributed by atoms with Gasteiger partial charge >= 0.3 is 0 Å². The van der Waals surface area contributed by atoms with Crippen LogP contribution in [-0.4, -0.2) is 107 Å². The second kappa shape index (κ2) is 18.1. The summed E-state index contributed by atoms with van der Waals surface area (Å²) < 4.78 is 5.59. The van der Waals surface area contributed by atoms with Crippen LogP contribution in [0.15, 0.2) is 72.5 Å². The average Bonchev–Trinajstić information content (AvgIpc) is 3.98. The van der Waals surface area contributed by atoms with Crippen molar-refractivity contribution in [1.82, 2.24) is 51.8 Å². The number of carbonyl (C=O) groups is 7. The molecule has 19 heteroatoms. The highest BCUT2D eigenvalue weighted by atomic mass is 32.1. The van der Waals surface area contributed by atoms with Crippen LogP contribution in [0.4, 0.5) is 0 Å². The van der Waals surface area contributed by atoms with Gasteiger partial charge in [-0.2, -0.15) is 0 Å². The van der Waals surface area contributed by atoms with Gasteiger partial charge in [0.1, 0.15) is 34.6 Å². The van der Waals surface area contributed by atoms with Gasteiger partial charge in [0.15, 0.2) is 0 Å². The smallest absolute Gasteiger partial charge is 0.271 e. The number of para-hydroxylation sites is 1. The summed E-state index contributed by atoms with van der Waals surface area (Å²) in [5.74, 6) is -4.41. The van der Waals surface area contributed by atoms with E-state index < -0.39 is 78.6 Å². The lowest BCUT2D eigenvalue weighted by Crippen LogP contribution is -2.56. The van der Waals surface area contributed by atoms with E-state index in [1.54, 1.807) is 31.5 Å². The van der Waals surface area contributed by atoms with Crippen molar-refractivity contribution in [3.63, 3.8) is 0 Å². The highest BCUT2D eigenvalue weighted by Crippen LogP contribution is 2.29. The zero-order chi connectivity index (χ0) is 42.4. The molecule has 3 aromatic heterocycles. The SMILES string of the molecule is C=C1NC(=O)[C@@H](C)NC(=O)CNC(=O)[C@H](Cc2c[nH]c3cccc(OC)c23)NC(=O)[C@H](Cc2c[nH]c3ccccc23)NC(=O)c2csc(n2)[C@@H](C)NC(=O)CN(C)C1=O. The molecule has 59 heavy (non-hydrogen) atoms. The summed E-state index contributed by atoms with van der Waals surface area (Å²) in [5, 5.41) is 19.1. The van der Waals surface area contributed by atoms with Crippen LogP contribution in [0.1, 0.15) is 46.5 Å². The van der Waals surface area contributed by atoms with Crippen LogP contribution in [-0.2, 0) is 41.6 Å². The lowest BCUT2D eigenvalue weighted by molar-refractivity contribution is -0.133. The third kappa shape index (κ3) is 9.75. The molecule has 8 N–H and O–H groups in total. The largest absolute Gasteiger partial charge is 0.496 e. The van der Waals surface area contributed by atoms with Gasteiger partial charge in [-0.1, -0.05) is 30.8 Å². The highest BCUT2D eigenvalue weighted by Gasteiger charge is 2.31. The molecular weight excluding hydrogens is 781 g/mol. The van der Waals surface area contributed by atoms with Gasteiger partial charge in [0.05, 0.1) is 31.9 Å². The van der Waals surface area contributed by atoms with Crippen LogP contribution in [0.25, 0.3) is 21.8 Å². The topological polar surface area (TPSA) is 249 Å². The van der Waals surface area contributed by atoms with Crippen molar-refractivity contribution >= 4 is 74.5 Å². The monoisotopic (exact) mass is 824 g/mol. The van der Waals surface area contributed by atoms with Crippen molar-refractivity contribution in [3.8, 4) is 5.75 Å². The van der Waals surface area contributed by atoms with Crippen molar-refractivity contribution in [2.75, 3.05) is 27.2 Å². The zero-order valence-corrected chi connectivity index (χ0v) is 33.5. The fourth-order valence-corrected chi connectivity index (χ4v) is 7.44. The molecule has 0 aliphatic carbocycles. The Morgan fingerprint density at radius 2 is 1.47 bits per heavy atom. The fourth-order valence-electron chi connectivity index (χ4n) is 6.63. The predicted molar refractivity (Wildman–Crippen MR) is 218 cm³/mol. The highest BCUT2D eigenvalue weighted by molar-refractivity contribution is 7.09. The van der Waals surface area contributed by atoms with E-state index in [9.17, 15) is 33.6 Å². The van der Waals surface area contributed by atoms with Gasteiger partial charge in [0.2, 0.25) is 29.5 Å². The third-order valence-corrected chi connectivity index (χ3v) is 10.7. The van der Waals surface area contributed by atoms with Crippen molar-refractivity contribution < 1.29 is 38.3 Å². The van der Waals surface area contributed by atoms with E-state index >= 15 is 0 Å². The van der Waals surface area contributed by atoms with E-state index in [4.69, 9.17) is 4.74 Å². The average molecular weight is 825 g/mol. The Hall–Kier alpha value is -7.02. The molecule has 1 aliphatic rings. The second-order valence-corrected chi connectivity index (χ2v) is 14.9. The number of benzene rings is 2. The van der Waals surface area contributed by atoms with Gasteiger partial charge in [-0.05, 0) is 43.2 Å². The number of hydrogen-bond donors (Lipinski definition) is 8. The molecule has 0 spiro atoms. The molecule has 4 atom stereocenters. The molecule has 0 saturated heterocycles. The van der Waals surface area contributed by atoms with E-state index in [1.165, 1.54) is 26.5 Å². The number of H-pyrrole nitrogens is 2. The molecule has 0 saturated carbocycles. The van der Waals surface area contributed by atoms with E-state index in [-0.39, 0.29) is 24.2 Å². The lowest BCUT2D eigenvalue weighted by Gasteiger charge is -2.23. The fraction of sp³-hybridized carbons (Fsp3) is 0.300. The van der Waals surface area contributed by atoms with Crippen molar-refractivity contribution in [2.45, 2.75) is 50.9 Å². The molecule has 18 nitrogen and oxygen atoms in total. The molecule has 6 rings (SSSR count). The van der Waals surface area contributed by atoms with E-state index in [1.807, 2.05) is 30.3 Å². The minimum Gasteiger partial charge on any atom is -0.496 e. The van der Waals surface area contributed by atoms with Crippen LogP contribution >= 0.6 is 11.3 Å². The maximum absolute atomic E-state index is 14.4. The minimum absolute atomic E-state index is 0.0152. The number of rotatable bonds is 5. The second-order valence-electron chi connectivity index (χ2n) is 14.0. The van der Waals surface area contributed by atoms with Crippen LogP contribution in [0.2, 0.25) is 0 Å². The van der Waals surface area contributed by atoms with Gasteiger partial charge in [-0.15, -0.1) is 11.3 Å². The van der Waals surface area contributed by atoms with Gasteiger partial charge < -0.3 is 51.5 Å². The number of carbonyl (C=O) groups excluding carboxylic acids is 7. The Morgan fingerprint density at radius 3 is 2.25 bits per heavy atom. The van der Waals surface area contributed by atoms with Crippen LogP contribution < -0.4 is 36.6 Å². The summed E-state index contributed by atoms with van der Waals surface area (Å²) in [7, 11) is 2.86. The minimum atomic E-state index is -1.28. The molecular formula is C40H44N10O8S. The van der Waals surface area contributed by atoms with Crippen LogP contribution in [0, 0.1) is 0 Å². The van der Waals surface area contributed by atoms with Gasteiger partial charge in [0.25, 0.3) is 11.8 Å². The Balaban J connectivity index is 1.34. The molecule has 0 radical (unpaired) electrons. The maximum atomic E-state index is 14.4. The number of thiazole rings is 1. The summed E-state index contributed by atoms with van der Waals surface area (Å²) in [5.41, 5.74) is 2.52. The molecule has 4 heterocycles. The number of methoxy groups -OCH3 is 1. The molecule has 0 fully saturated rings. The maximum Gasteiger partial charge on any atom is 0.271 e. The first kappa shape index (κ1) is 41.6. The van der Waals surface area contributed by atoms with Gasteiger partial charge in [-0.3, -0.25) is 33.6 Å². The number of likely N-dealkylation sites (N-methyl/N-ethyl adjacent to an activating group) is 1. The van der Waals surface area contributed by atoms with E-state index in [0.29, 0.717) is 27.3 Å². The van der Waals surface area contributed by atoms with Crippen molar-refractivity contribution in [3.05, 3.63) is 94.3 Å². The summed E-state index contributed by atoms with van der Waals surface area (Å²) in [6.07, 6.45) is 3.39. The Labute approximate surface area is 341 Å². The molecule has 308 valence electrons. The zero-order valence-electron chi connectivity index (χ0n) is 32.7. The first-order valence-corrected chi connectivity index (χ1v) is 19.5. The van der Waals surface area contributed by atoms with Crippen molar-refractivity contribution in [2.24, 2.45) is 0 Å². The Kier molecular flexibility index (Phi) is 12.7. The molecule has 0 unspecified atom stereocenters. The van der Waals surface area contributed by atoms with E-state index in [2.05, 4.69) is 53.4 Å². The molecule has 1 aliphatic heterocycles.